The van der Waals surface area contributed by atoms with Crippen LogP contribution in [0, 0.1) is 34.3 Å². The average molecular weight is 600 g/mol. The van der Waals surface area contributed by atoms with E-state index < -0.39 is 35.0 Å². The van der Waals surface area contributed by atoms with Gasteiger partial charge in [0.1, 0.15) is 17.0 Å². The molecule has 3 atom stereocenters. The highest BCUT2D eigenvalue weighted by Gasteiger charge is 2.59. The summed E-state index contributed by atoms with van der Waals surface area (Å²) >= 11 is 12.2. The lowest BCUT2D eigenvalue weighted by Gasteiger charge is -2.38. The van der Waals surface area contributed by atoms with Crippen LogP contribution >= 0.6 is 23.2 Å². The van der Waals surface area contributed by atoms with Crippen molar-refractivity contribution >= 4 is 35.1 Å². The van der Waals surface area contributed by atoms with Crippen molar-refractivity contribution in [2.24, 2.45) is 11.3 Å². The fourth-order valence-electron chi connectivity index (χ4n) is 5.92. The highest BCUT2D eigenvalue weighted by atomic mass is 35.5. The van der Waals surface area contributed by atoms with Crippen molar-refractivity contribution in [2.45, 2.75) is 51.5 Å². The number of hydrogen-bond acceptors (Lipinski definition) is 3. The number of amides is 1. The van der Waals surface area contributed by atoms with Crippen molar-refractivity contribution < 1.29 is 23.5 Å². The van der Waals surface area contributed by atoms with Gasteiger partial charge in [-0.15, -0.1) is 0 Å². The molecule has 9 heteroatoms. The minimum atomic E-state index is -1.65. The topological polar surface area (TPSA) is 81.4 Å². The van der Waals surface area contributed by atoms with Crippen LogP contribution in [-0.4, -0.2) is 28.4 Å². The lowest BCUT2D eigenvalue weighted by molar-refractivity contribution is -0.132. The third kappa shape index (κ3) is 6.10. The number of carbonyl (C=O) groups excluding carboxylic acids is 1. The molecule has 1 heterocycles. The Morgan fingerprint density at radius 1 is 1.10 bits per heavy atom. The maximum absolute atomic E-state index is 15.7. The molecule has 0 aromatic heterocycles. The minimum Gasteiger partial charge on any atom is -0.478 e. The molecule has 3 aromatic carbocycles. The number of halogens is 4. The Hall–Kier alpha value is -3.47. The third-order valence-electron chi connectivity index (χ3n) is 7.65. The first-order valence-electron chi connectivity index (χ1n) is 13.2. The molecule has 0 aliphatic carbocycles. The zero-order chi connectivity index (χ0) is 30.1. The van der Waals surface area contributed by atoms with E-state index in [1.54, 1.807) is 18.2 Å². The van der Waals surface area contributed by atoms with Crippen LogP contribution < -0.4 is 0 Å². The van der Waals surface area contributed by atoms with Crippen molar-refractivity contribution in [3.63, 3.8) is 0 Å². The normalized spacial score (nSPS) is 20.6. The van der Waals surface area contributed by atoms with Gasteiger partial charge in [0.15, 0.2) is 0 Å². The molecule has 0 spiro atoms. The molecule has 3 aromatic rings. The standard InChI is InChI=1S/C32H30Cl2F2N2O3/c1-31(2,3)16-21-17-38(27(39)14-9-19-7-10-20(11-8-19)30(40)41)29(23-5-4-6-25(34)28(23)36)32(21,18-37)24-13-12-22(33)15-26(24)35/h4-8,10-13,15,21,29H,9,14,16-17H2,1-3H3,(H,40,41). The maximum Gasteiger partial charge on any atom is 0.335 e. The number of nitriles is 1. The molecule has 41 heavy (non-hydrogen) atoms. The van der Waals surface area contributed by atoms with Gasteiger partial charge in [0.2, 0.25) is 5.91 Å². The maximum atomic E-state index is 15.7. The van der Waals surface area contributed by atoms with Gasteiger partial charge in [0.05, 0.1) is 22.7 Å². The van der Waals surface area contributed by atoms with Crippen LogP contribution in [0.4, 0.5) is 8.78 Å². The number of carboxylic acids is 1. The lowest BCUT2D eigenvalue weighted by Crippen LogP contribution is -2.41. The van der Waals surface area contributed by atoms with Gasteiger partial charge >= 0.3 is 5.97 Å². The molecule has 1 amide bonds. The Bertz CT molecular complexity index is 1510. The van der Waals surface area contributed by atoms with Crippen molar-refractivity contribution in [1.82, 2.24) is 4.90 Å². The van der Waals surface area contributed by atoms with Crippen LogP contribution in [0.5, 0.6) is 0 Å². The Morgan fingerprint density at radius 2 is 1.78 bits per heavy atom. The molecule has 214 valence electrons. The van der Waals surface area contributed by atoms with E-state index >= 15 is 8.78 Å². The van der Waals surface area contributed by atoms with Crippen molar-refractivity contribution in [1.29, 1.82) is 5.26 Å². The Morgan fingerprint density at radius 3 is 2.37 bits per heavy atom. The van der Waals surface area contributed by atoms with Crippen LogP contribution in [0.2, 0.25) is 10.0 Å². The third-order valence-corrected chi connectivity index (χ3v) is 8.18. The quantitative estimate of drug-likeness (QED) is 0.299. The molecule has 1 saturated heterocycles. The summed E-state index contributed by atoms with van der Waals surface area (Å²) in [6, 6.07) is 15.9. The molecule has 1 aliphatic rings. The van der Waals surface area contributed by atoms with Gasteiger partial charge < -0.3 is 10.0 Å². The average Bonchev–Trinajstić information content (AvgIpc) is 3.22. The summed E-state index contributed by atoms with van der Waals surface area (Å²) in [5.74, 6) is -3.43. The molecule has 4 rings (SSSR count). The van der Waals surface area contributed by atoms with Crippen molar-refractivity contribution in [3.05, 3.63) is 105 Å². The van der Waals surface area contributed by atoms with Crippen LogP contribution in [0.1, 0.15) is 66.7 Å². The van der Waals surface area contributed by atoms with Crippen molar-refractivity contribution in [2.75, 3.05) is 6.54 Å². The van der Waals surface area contributed by atoms with Crippen molar-refractivity contribution in [3.8, 4) is 6.07 Å². The minimum absolute atomic E-state index is 0.0119. The number of likely N-dealkylation sites (tertiary alicyclic amines) is 1. The van der Waals surface area contributed by atoms with Gasteiger partial charge in [0, 0.05) is 35.0 Å². The highest BCUT2D eigenvalue weighted by Crippen LogP contribution is 2.56. The first-order chi connectivity index (χ1) is 19.3. The first kappa shape index (κ1) is 30.5. The number of carboxylic acid groups (broad SMARTS) is 1. The number of nitrogens with zero attached hydrogens (tertiary/aromatic N) is 2. The van der Waals surface area contributed by atoms with E-state index in [-0.39, 0.29) is 51.0 Å². The zero-order valence-corrected chi connectivity index (χ0v) is 24.4. The molecule has 5 nitrogen and oxygen atoms in total. The summed E-state index contributed by atoms with van der Waals surface area (Å²) in [5.41, 5.74) is -1.00. The SMILES string of the molecule is CC(C)(C)CC1CN(C(=O)CCc2ccc(C(=O)O)cc2)C(c2cccc(Cl)c2F)C1(C#N)c1ccc(Cl)cc1F. The predicted octanol–water partition coefficient (Wildman–Crippen LogP) is 8.00. The molecule has 1 fully saturated rings. The van der Waals surface area contributed by atoms with Gasteiger partial charge in [-0.05, 0) is 54.2 Å². The number of aromatic carboxylic acids is 1. The van der Waals surface area contributed by atoms with E-state index in [2.05, 4.69) is 6.07 Å². The smallest absolute Gasteiger partial charge is 0.335 e. The number of carbonyl (C=O) groups is 2. The highest BCUT2D eigenvalue weighted by molar-refractivity contribution is 6.31. The number of hydrogen-bond donors (Lipinski definition) is 1. The second-order valence-corrected chi connectivity index (χ2v) is 12.5. The van der Waals surface area contributed by atoms with Crippen LogP contribution in [0.15, 0.2) is 60.7 Å². The van der Waals surface area contributed by atoms with Gasteiger partial charge in [-0.2, -0.15) is 5.26 Å². The van der Waals surface area contributed by atoms with E-state index in [0.717, 1.165) is 11.6 Å². The summed E-state index contributed by atoms with van der Waals surface area (Å²) < 4.78 is 31.4. The number of benzene rings is 3. The molecule has 1 N–H and O–H groups in total. The van der Waals surface area contributed by atoms with E-state index in [1.165, 1.54) is 41.3 Å². The summed E-state index contributed by atoms with van der Waals surface area (Å²) in [4.78, 5) is 26.6. The van der Waals surface area contributed by atoms with Gasteiger partial charge in [-0.1, -0.05) is 74.3 Å². The predicted molar refractivity (Wildman–Crippen MR) is 154 cm³/mol. The molecule has 0 saturated carbocycles. The molecular weight excluding hydrogens is 569 g/mol. The Kier molecular flexibility index (Phi) is 8.77. The van der Waals surface area contributed by atoms with E-state index in [0.29, 0.717) is 12.8 Å². The molecule has 3 unspecified atom stereocenters. The summed E-state index contributed by atoms with van der Waals surface area (Å²) in [7, 11) is 0. The van der Waals surface area contributed by atoms with Gasteiger partial charge in [-0.3, -0.25) is 4.79 Å². The fraction of sp³-hybridized carbons (Fsp3) is 0.344. The van der Waals surface area contributed by atoms with Crippen LogP contribution in [0.3, 0.4) is 0 Å². The monoisotopic (exact) mass is 598 g/mol. The zero-order valence-electron chi connectivity index (χ0n) is 22.9. The fourth-order valence-corrected chi connectivity index (χ4v) is 6.27. The van der Waals surface area contributed by atoms with Gasteiger partial charge in [-0.25, -0.2) is 13.6 Å². The van der Waals surface area contributed by atoms with E-state index in [9.17, 15) is 14.9 Å². The molecule has 0 bridgehead atoms. The lowest BCUT2D eigenvalue weighted by atomic mass is 9.63. The second kappa shape index (κ2) is 11.8. The summed E-state index contributed by atoms with van der Waals surface area (Å²) in [6.07, 6.45) is 0.748. The number of rotatable bonds is 7. The van der Waals surface area contributed by atoms with Crippen LogP contribution in [-0.2, 0) is 16.6 Å². The van der Waals surface area contributed by atoms with Crippen LogP contribution in [0.25, 0.3) is 0 Å². The summed E-state index contributed by atoms with van der Waals surface area (Å²) in [6.45, 7) is 6.08. The van der Waals surface area contributed by atoms with E-state index in [4.69, 9.17) is 28.3 Å². The molecule has 1 aliphatic heterocycles. The first-order valence-corrected chi connectivity index (χ1v) is 14.0. The summed E-state index contributed by atoms with van der Waals surface area (Å²) in [5, 5.41) is 20.1. The van der Waals surface area contributed by atoms with E-state index in [1.807, 2.05) is 20.8 Å². The number of aryl methyl sites for hydroxylation is 1. The Balaban J connectivity index is 1.85. The Labute approximate surface area is 248 Å². The molecular formula is C32H30Cl2F2N2O3. The van der Waals surface area contributed by atoms with Gasteiger partial charge in [0.25, 0.3) is 0 Å². The molecule has 0 radical (unpaired) electrons. The largest absolute Gasteiger partial charge is 0.478 e. The second-order valence-electron chi connectivity index (χ2n) is 11.7.